The Hall–Kier alpha value is -1.79. The highest BCUT2D eigenvalue weighted by Crippen LogP contribution is 2.20. The van der Waals surface area contributed by atoms with E-state index in [0.29, 0.717) is 32.2 Å². The van der Waals surface area contributed by atoms with E-state index in [2.05, 4.69) is 0 Å². The predicted molar refractivity (Wildman–Crippen MR) is 70.6 cm³/mol. The molecule has 0 saturated heterocycles. The Morgan fingerprint density at radius 3 is 2.68 bits per heavy atom. The molecule has 6 nitrogen and oxygen atoms in total. The third-order valence-corrected chi connectivity index (χ3v) is 2.39. The molecular formula is C13H19NO5. The molecule has 0 fully saturated rings. The summed E-state index contributed by atoms with van der Waals surface area (Å²) in [7, 11) is 1.62. The Bertz CT molecular complexity index is 408. The number of carbonyl (C=O) groups is 1. The number of anilines is 1. The highest BCUT2D eigenvalue weighted by atomic mass is 16.5. The van der Waals surface area contributed by atoms with Gasteiger partial charge in [-0.2, -0.15) is 0 Å². The maximum absolute atomic E-state index is 10.8. The van der Waals surface area contributed by atoms with E-state index in [4.69, 9.17) is 25.1 Å². The van der Waals surface area contributed by atoms with Crippen LogP contribution in [0.4, 0.5) is 5.69 Å². The monoisotopic (exact) mass is 269 g/mol. The molecule has 0 spiro atoms. The molecule has 0 saturated carbocycles. The molecule has 1 rings (SSSR count). The minimum Gasteiger partial charge on any atom is -0.493 e. The van der Waals surface area contributed by atoms with Gasteiger partial charge in [-0.15, -0.1) is 0 Å². The summed E-state index contributed by atoms with van der Waals surface area (Å²) in [5, 5.41) is 8.83. The zero-order chi connectivity index (χ0) is 14.1. The van der Waals surface area contributed by atoms with Crippen LogP contribution in [0.1, 0.15) is 16.8 Å². The second-order valence-electron chi connectivity index (χ2n) is 3.86. The smallest absolute Gasteiger partial charge is 0.337 e. The topological polar surface area (TPSA) is 91.0 Å². The number of methoxy groups -OCH3 is 1. The summed E-state index contributed by atoms with van der Waals surface area (Å²) in [6.45, 7) is 2.22. The maximum Gasteiger partial charge on any atom is 0.337 e. The van der Waals surface area contributed by atoms with E-state index in [1.807, 2.05) is 0 Å². The van der Waals surface area contributed by atoms with Gasteiger partial charge in [0.25, 0.3) is 0 Å². The first-order valence-electron chi connectivity index (χ1n) is 5.97. The van der Waals surface area contributed by atoms with Crippen LogP contribution in [0.15, 0.2) is 18.2 Å². The van der Waals surface area contributed by atoms with E-state index < -0.39 is 5.97 Å². The molecule has 0 aromatic heterocycles. The number of benzene rings is 1. The van der Waals surface area contributed by atoms with Crippen molar-refractivity contribution in [2.45, 2.75) is 6.42 Å². The number of ether oxygens (including phenoxy) is 3. The molecule has 106 valence electrons. The van der Waals surface area contributed by atoms with Crippen LogP contribution >= 0.6 is 0 Å². The molecule has 0 amide bonds. The molecule has 3 N–H and O–H groups in total. The van der Waals surface area contributed by atoms with Crippen LogP contribution in [0.3, 0.4) is 0 Å². The molecule has 1 aromatic rings. The largest absolute Gasteiger partial charge is 0.493 e. The molecule has 0 bridgehead atoms. The Labute approximate surface area is 112 Å². The molecule has 0 atom stereocenters. The van der Waals surface area contributed by atoms with Gasteiger partial charge < -0.3 is 25.1 Å². The van der Waals surface area contributed by atoms with Crippen molar-refractivity contribution >= 4 is 11.7 Å². The average molecular weight is 269 g/mol. The number of hydrogen-bond acceptors (Lipinski definition) is 5. The van der Waals surface area contributed by atoms with Gasteiger partial charge in [-0.3, -0.25) is 0 Å². The number of nitrogens with two attached hydrogens (primary N) is 1. The molecular weight excluding hydrogens is 250 g/mol. The highest BCUT2D eigenvalue weighted by molar-refractivity contribution is 5.93. The quantitative estimate of drug-likeness (QED) is 0.520. The number of hydrogen-bond donors (Lipinski definition) is 2. The van der Waals surface area contributed by atoms with Crippen LogP contribution in [0.25, 0.3) is 0 Å². The molecule has 0 heterocycles. The number of aromatic carboxylic acids is 1. The van der Waals surface area contributed by atoms with Gasteiger partial charge in [0.1, 0.15) is 5.75 Å². The summed E-state index contributed by atoms with van der Waals surface area (Å²) in [5.41, 5.74) is 5.88. The van der Waals surface area contributed by atoms with Crippen LogP contribution < -0.4 is 10.5 Å². The van der Waals surface area contributed by atoms with Crippen molar-refractivity contribution in [3.8, 4) is 5.75 Å². The van der Waals surface area contributed by atoms with Crippen molar-refractivity contribution in [2.24, 2.45) is 0 Å². The number of carboxylic acid groups (broad SMARTS) is 1. The summed E-state index contributed by atoms with van der Waals surface area (Å²) < 4.78 is 15.6. The predicted octanol–water partition coefficient (Wildman–Crippen LogP) is 1.40. The first-order chi connectivity index (χ1) is 9.15. The van der Waals surface area contributed by atoms with Gasteiger partial charge in [-0.1, -0.05) is 0 Å². The fourth-order valence-corrected chi connectivity index (χ4v) is 1.42. The van der Waals surface area contributed by atoms with E-state index in [1.165, 1.54) is 12.1 Å². The molecule has 6 heteroatoms. The molecule has 0 aliphatic carbocycles. The van der Waals surface area contributed by atoms with Crippen LogP contribution in [-0.2, 0) is 9.47 Å². The Morgan fingerprint density at radius 2 is 2.05 bits per heavy atom. The zero-order valence-electron chi connectivity index (χ0n) is 10.9. The molecule has 0 aliphatic heterocycles. The van der Waals surface area contributed by atoms with Crippen molar-refractivity contribution in [3.63, 3.8) is 0 Å². The van der Waals surface area contributed by atoms with Crippen LogP contribution in [0.5, 0.6) is 5.75 Å². The van der Waals surface area contributed by atoms with E-state index >= 15 is 0 Å². The summed E-state index contributed by atoms with van der Waals surface area (Å²) in [4.78, 5) is 10.8. The minimum absolute atomic E-state index is 0.0789. The van der Waals surface area contributed by atoms with E-state index in [9.17, 15) is 4.79 Å². The summed E-state index contributed by atoms with van der Waals surface area (Å²) in [6.07, 6.45) is 0.740. The molecule has 0 radical (unpaired) electrons. The first kappa shape index (κ1) is 15.3. The van der Waals surface area contributed by atoms with Crippen molar-refractivity contribution in [2.75, 3.05) is 39.3 Å². The summed E-state index contributed by atoms with van der Waals surface area (Å²) in [5.74, 6) is -0.491. The maximum atomic E-state index is 10.8. The second kappa shape index (κ2) is 8.34. The molecule has 0 aliphatic rings. The van der Waals surface area contributed by atoms with E-state index in [-0.39, 0.29) is 11.3 Å². The van der Waals surface area contributed by atoms with Gasteiger partial charge in [0.2, 0.25) is 0 Å². The average Bonchev–Trinajstić information content (AvgIpc) is 2.37. The fourth-order valence-electron chi connectivity index (χ4n) is 1.42. The zero-order valence-corrected chi connectivity index (χ0v) is 10.9. The lowest BCUT2D eigenvalue weighted by atomic mass is 10.2. The number of carboxylic acids is 1. The Morgan fingerprint density at radius 1 is 1.26 bits per heavy atom. The Kier molecular flexibility index (Phi) is 6.70. The van der Waals surface area contributed by atoms with Crippen LogP contribution in [0, 0.1) is 0 Å². The van der Waals surface area contributed by atoms with Crippen LogP contribution in [-0.4, -0.2) is 44.6 Å². The lowest BCUT2D eigenvalue weighted by molar-refractivity contribution is 0.0644. The van der Waals surface area contributed by atoms with E-state index in [0.717, 1.165) is 6.42 Å². The van der Waals surface area contributed by atoms with Crippen LogP contribution in [0.2, 0.25) is 0 Å². The SMILES string of the molecule is COCCOCCCOc1ccc(C(=O)O)c(N)c1. The van der Waals surface area contributed by atoms with Crippen molar-refractivity contribution < 1.29 is 24.1 Å². The second-order valence-corrected chi connectivity index (χ2v) is 3.86. The minimum atomic E-state index is -1.05. The van der Waals surface area contributed by atoms with Gasteiger partial charge >= 0.3 is 5.97 Å². The van der Waals surface area contributed by atoms with Crippen molar-refractivity contribution in [3.05, 3.63) is 23.8 Å². The molecule has 0 unspecified atom stereocenters. The third kappa shape index (κ3) is 5.58. The number of rotatable bonds is 9. The lowest BCUT2D eigenvalue weighted by Gasteiger charge is -2.08. The Balaban J connectivity index is 2.26. The first-order valence-corrected chi connectivity index (χ1v) is 5.97. The summed E-state index contributed by atoms with van der Waals surface area (Å²) >= 11 is 0. The lowest BCUT2D eigenvalue weighted by Crippen LogP contribution is -2.07. The highest BCUT2D eigenvalue weighted by Gasteiger charge is 2.08. The molecule has 1 aromatic carbocycles. The van der Waals surface area contributed by atoms with Gasteiger partial charge in [-0.25, -0.2) is 4.79 Å². The van der Waals surface area contributed by atoms with Crippen molar-refractivity contribution in [1.29, 1.82) is 0 Å². The van der Waals surface area contributed by atoms with Gasteiger partial charge in [0.05, 0.1) is 25.4 Å². The molecule has 19 heavy (non-hydrogen) atoms. The van der Waals surface area contributed by atoms with Gasteiger partial charge in [0, 0.05) is 31.9 Å². The normalized spacial score (nSPS) is 10.4. The van der Waals surface area contributed by atoms with Crippen molar-refractivity contribution in [1.82, 2.24) is 0 Å². The van der Waals surface area contributed by atoms with Gasteiger partial charge in [0.15, 0.2) is 0 Å². The summed E-state index contributed by atoms with van der Waals surface area (Å²) in [6, 6.07) is 4.53. The number of nitrogen functional groups attached to an aromatic ring is 1. The third-order valence-electron chi connectivity index (χ3n) is 2.39. The van der Waals surface area contributed by atoms with E-state index in [1.54, 1.807) is 13.2 Å². The van der Waals surface area contributed by atoms with Gasteiger partial charge in [-0.05, 0) is 12.1 Å². The standard InChI is InChI=1S/C13H19NO5/c1-17-7-8-18-5-2-6-19-10-3-4-11(13(15)16)12(14)9-10/h3-4,9H,2,5-8,14H2,1H3,(H,15,16). The fraction of sp³-hybridized carbons (Fsp3) is 0.462.